The molecular weight excluding hydrogens is 314 g/mol. The summed E-state index contributed by atoms with van der Waals surface area (Å²) in [5.41, 5.74) is 3.60. The topological polar surface area (TPSA) is 83.5 Å². The lowest BCUT2D eigenvalue weighted by Gasteiger charge is -2.32. The molecule has 5 rings (SSSR count). The molecule has 0 aliphatic carbocycles. The van der Waals surface area contributed by atoms with E-state index in [1.165, 1.54) is 0 Å². The number of anilines is 1. The molecule has 1 fully saturated rings. The highest BCUT2D eigenvalue weighted by Crippen LogP contribution is 2.31. The van der Waals surface area contributed by atoms with Gasteiger partial charge in [-0.3, -0.25) is 0 Å². The highest BCUT2D eigenvalue weighted by molar-refractivity contribution is 5.82. The zero-order valence-electron chi connectivity index (χ0n) is 13.6. The van der Waals surface area contributed by atoms with Crippen molar-refractivity contribution >= 4 is 28.0 Å². The molecule has 5 heterocycles. The van der Waals surface area contributed by atoms with Crippen LogP contribution in [0.2, 0.25) is 0 Å². The van der Waals surface area contributed by atoms with E-state index >= 15 is 0 Å². The van der Waals surface area contributed by atoms with Crippen molar-refractivity contribution in [2.75, 3.05) is 18.0 Å². The first-order valence-corrected chi connectivity index (χ1v) is 8.49. The first-order valence-electron chi connectivity index (χ1n) is 8.49. The number of piperidine rings is 1. The van der Waals surface area contributed by atoms with Crippen LogP contribution in [0.1, 0.15) is 24.5 Å². The molecule has 0 saturated carbocycles. The Hall–Kier alpha value is -3.09. The Morgan fingerprint density at radius 3 is 2.80 bits per heavy atom. The highest BCUT2D eigenvalue weighted by atomic mass is 15.2. The summed E-state index contributed by atoms with van der Waals surface area (Å²) in [4.78, 5) is 27.5. The van der Waals surface area contributed by atoms with Gasteiger partial charge in [-0.25, -0.2) is 24.9 Å². The molecule has 25 heavy (non-hydrogen) atoms. The van der Waals surface area contributed by atoms with Gasteiger partial charge in [0, 0.05) is 36.3 Å². The zero-order valence-corrected chi connectivity index (χ0v) is 13.6. The molecule has 0 atom stereocenters. The summed E-state index contributed by atoms with van der Waals surface area (Å²) in [5, 5.41) is 1.09. The van der Waals surface area contributed by atoms with Gasteiger partial charge in [0.15, 0.2) is 17.1 Å². The number of hydrogen-bond acceptors (Lipinski definition) is 6. The average molecular weight is 331 g/mol. The lowest BCUT2D eigenvalue weighted by Crippen LogP contribution is -2.34. The molecule has 0 aromatic carbocycles. The van der Waals surface area contributed by atoms with Crippen molar-refractivity contribution < 1.29 is 0 Å². The van der Waals surface area contributed by atoms with Crippen LogP contribution in [0.5, 0.6) is 0 Å². The van der Waals surface area contributed by atoms with Gasteiger partial charge in [-0.2, -0.15) is 0 Å². The van der Waals surface area contributed by atoms with E-state index in [1.54, 1.807) is 18.9 Å². The molecule has 0 bridgehead atoms. The van der Waals surface area contributed by atoms with Crippen molar-refractivity contribution in [3.05, 3.63) is 48.8 Å². The first kappa shape index (κ1) is 14.3. The lowest BCUT2D eigenvalue weighted by atomic mass is 9.93. The molecule has 4 aromatic rings. The van der Waals surface area contributed by atoms with Gasteiger partial charge in [0.2, 0.25) is 0 Å². The Kier molecular flexibility index (Phi) is 3.29. The number of fused-ring (bicyclic) bond motifs is 2. The first-order chi connectivity index (χ1) is 12.4. The standard InChI is InChI=1S/C18H17N7/c1-2-13-3-4-14(24-16(13)19-7-1)12-5-8-25(9-6-12)18-15-17(21-10-20-15)22-11-23-18/h1-4,7,10-12H,5-6,8-9H2,(H,20,21,22,23). The third-order valence-electron chi connectivity index (χ3n) is 4.90. The van der Waals surface area contributed by atoms with Crippen LogP contribution in [0.25, 0.3) is 22.2 Å². The molecule has 4 aromatic heterocycles. The van der Waals surface area contributed by atoms with E-state index in [0.29, 0.717) is 5.92 Å². The Balaban J connectivity index is 1.37. The summed E-state index contributed by atoms with van der Waals surface area (Å²) in [6.45, 7) is 1.88. The third-order valence-corrected chi connectivity index (χ3v) is 4.90. The number of pyridine rings is 2. The number of aromatic amines is 1. The van der Waals surface area contributed by atoms with E-state index in [9.17, 15) is 0 Å². The molecule has 1 saturated heterocycles. The van der Waals surface area contributed by atoms with E-state index in [1.807, 2.05) is 12.1 Å². The van der Waals surface area contributed by atoms with E-state index in [-0.39, 0.29) is 0 Å². The van der Waals surface area contributed by atoms with Gasteiger partial charge in [-0.1, -0.05) is 0 Å². The molecule has 0 unspecified atom stereocenters. The number of aromatic nitrogens is 6. The highest BCUT2D eigenvalue weighted by Gasteiger charge is 2.24. The fourth-order valence-electron chi connectivity index (χ4n) is 3.57. The minimum atomic E-state index is 0.460. The number of imidazole rings is 1. The van der Waals surface area contributed by atoms with E-state index in [0.717, 1.165) is 59.6 Å². The van der Waals surface area contributed by atoms with Gasteiger partial charge in [0.25, 0.3) is 0 Å². The predicted molar refractivity (Wildman–Crippen MR) is 95.4 cm³/mol. The Labute approximate surface area is 144 Å². The summed E-state index contributed by atoms with van der Waals surface area (Å²) in [7, 11) is 0. The second-order valence-electron chi connectivity index (χ2n) is 6.35. The third kappa shape index (κ3) is 2.48. The van der Waals surface area contributed by atoms with E-state index in [4.69, 9.17) is 4.98 Å². The number of nitrogens with zero attached hydrogens (tertiary/aromatic N) is 6. The summed E-state index contributed by atoms with van der Waals surface area (Å²) >= 11 is 0. The SMILES string of the molecule is c1cnc2nc(C3CCN(c4ncnc5nc[nH]c45)CC3)ccc2c1. The Morgan fingerprint density at radius 2 is 1.88 bits per heavy atom. The predicted octanol–water partition coefficient (Wildman–Crippen LogP) is 2.68. The van der Waals surface area contributed by atoms with Crippen molar-refractivity contribution in [1.29, 1.82) is 0 Å². The molecule has 7 nitrogen and oxygen atoms in total. The number of H-pyrrole nitrogens is 1. The normalized spacial score (nSPS) is 15.9. The van der Waals surface area contributed by atoms with Gasteiger partial charge < -0.3 is 9.88 Å². The monoisotopic (exact) mass is 331 g/mol. The van der Waals surface area contributed by atoms with Crippen LogP contribution in [-0.2, 0) is 0 Å². The largest absolute Gasteiger partial charge is 0.355 e. The molecule has 7 heteroatoms. The second kappa shape index (κ2) is 5.77. The van der Waals surface area contributed by atoms with Gasteiger partial charge in [-0.15, -0.1) is 0 Å². The maximum absolute atomic E-state index is 4.77. The zero-order chi connectivity index (χ0) is 16.6. The number of hydrogen-bond donors (Lipinski definition) is 1. The lowest BCUT2D eigenvalue weighted by molar-refractivity contribution is 0.495. The van der Waals surface area contributed by atoms with Crippen molar-refractivity contribution in [2.24, 2.45) is 0 Å². The minimum Gasteiger partial charge on any atom is -0.355 e. The van der Waals surface area contributed by atoms with Crippen LogP contribution in [0.3, 0.4) is 0 Å². The van der Waals surface area contributed by atoms with E-state index in [2.05, 4.69) is 42.0 Å². The fraction of sp³-hybridized carbons (Fsp3) is 0.278. The van der Waals surface area contributed by atoms with Crippen LogP contribution >= 0.6 is 0 Å². The summed E-state index contributed by atoms with van der Waals surface area (Å²) in [6.07, 6.45) is 7.14. The molecular formula is C18H17N7. The second-order valence-corrected chi connectivity index (χ2v) is 6.35. The van der Waals surface area contributed by atoms with Crippen molar-refractivity contribution in [3.8, 4) is 0 Å². The van der Waals surface area contributed by atoms with Gasteiger partial charge >= 0.3 is 0 Å². The average Bonchev–Trinajstić information content (AvgIpc) is 3.17. The van der Waals surface area contributed by atoms with Crippen LogP contribution in [0.4, 0.5) is 5.82 Å². The van der Waals surface area contributed by atoms with Gasteiger partial charge in [-0.05, 0) is 37.1 Å². The fourth-order valence-corrected chi connectivity index (χ4v) is 3.57. The molecule has 1 aliphatic heterocycles. The molecule has 0 radical (unpaired) electrons. The van der Waals surface area contributed by atoms with Crippen LogP contribution in [0, 0.1) is 0 Å². The molecule has 0 spiro atoms. The van der Waals surface area contributed by atoms with Crippen LogP contribution in [0.15, 0.2) is 43.1 Å². The molecule has 124 valence electrons. The minimum absolute atomic E-state index is 0.460. The molecule has 1 N–H and O–H groups in total. The summed E-state index contributed by atoms with van der Waals surface area (Å²) < 4.78 is 0. The van der Waals surface area contributed by atoms with Crippen molar-refractivity contribution in [2.45, 2.75) is 18.8 Å². The summed E-state index contributed by atoms with van der Waals surface area (Å²) in [6, 6.07) is 8.25. The van der Waals surface area contributed by atoms with Crippen molar-refractivity contribution in [1.82, 2.24) is 29.9 Å². The van der Waals surface area contributed by atoms with Crippen LogP contribution < -0.4 is 4.90 Å². The van der Waals surface area contributed by atoms with Crippen molar-refractivity contribution in [3.63, 3.8) is 0 Å². The van der Waals surface area contributed by atoms with Gasteiger partial charge in [0.1, 0.15) is 11.8 Å². The van der Waals surface area contributed by atoms with Gasteiger partial charge in [0.05, 0.1) is 6.33 Å². The Morgan fingerprint density at radius 1 is 0.960 bits per heavy atom. The number of nitrogens with one attached hydrogen (secondary N) is 1. The summed E-state index contributed by atoms with van der Waals surface area (Å²) in [5.74, 6) is 1.40. The van der Waals surface area contributed by atoms with E-state index < -0.39 is 0 Å². The maximum Gasteiger partial charge on any atom is 0.182 e. The molecule has 1 aliphatic rings. The molecule has 0 amide bonds. The van der Waals surface area contributed by atoms with Crippen LogP contribution in [-0.4, -0.2) is 43.0 Å². The smallest absolute Gasteiger partial charge is 0.182 e. The maximum atomic E-state index is 4.77. The quantitative estimate of drug-likeness (QED) is 0.608. The Bertz CT molecular complexity index is 1030. The number of rotatable bonds is 2.